The average Bonchev–Trinajstić information content (AvgIpc) is 3.38. The minimum atomic E-state index is -5.15. The Labute approximate surface area is 353 Å². The lowest BCUT2D eigenvalue weighted by molar-refractivity contribution is -0.143. The van der Waals surface area contributed by atoms with Crippen molar-refractivity contribution in [3.8, 4) is 23.0 Å². The van der Waals surface area contributed by atoms with Gasteiger partial charge in [0.15, 0.2) is 21.3 Å². The highest BCUT2D eigenvalue weighted by molar-refractivity contribution is 7.92. The molecule has 2 aromatic carbocycles. The van der Waals surface area contributed by atoms with Crippen molar-refractivity contribution in [1.82, 2.24) is 29.9 Å². The van der Waals surface area contributed by atoms with E-state index in [0.717, 1.165) is 18.4 Å². The molecular formula is C40H37F10N7O3S2. The Morgan fingerprint density at radius 3 is 2.23 bits per heavy atom. The zero-order valence-electron chi connectivity index (χ0n) is 33.2. The van der Waals surface area contributed by atoms with Gasteiger partial charge in [-0.15, -0.1) is 0 Å². The second kappa shape index (κ2) is 16.1. The maximum Gasteiger partial charge on any atom is 0.435 e. The SMILES string of the molecule is CS.C[C@@H]1C2c3c(C(F)(F)F)nn(CC(=O)NC(Cc4cc(F)cc(F)c4)c4nc(C#CC(C)(C)S(C)(=O)=O)ccc4-c4cccc5c(N)nn(CC(F)(F)F)c45)c3C(F)(F)C21. The van der Waals surface area contributed by atoms with Crippen LogP contribution < -0.4 is 11.1 Å². The molecular weight excluding hydrogens is 881 g/mol. The number of hydrogen-bond donors (Lipinski definition) is 3. The number of nitrogens with zero attached hydrogens (tertiary/aromatic N) is 5. The van der Waals surface area contributed by atoms with Gasteiger partial charge in [0.05, 0.1) is 17.3 Å². The molecule has 3 heterocycles. The molecule has 2 aliphatic carbocycles. The molecule has 1 fully saturated rings. The average molecular weight is 918 g/mol. The first kappa shape index (κ1) is 46.2. The molecule has 10 nitrogen and oxygen atoms in total. The van der Waals surface area contributed by atoms with Crippen LogP contribution in [-0.4, -0.2) is 62.3 Å². The van der Waals surface area contributed by atoms with Crippen LogP contribution in [0.15, 0.2) is 48.5 Å². The molecule has 0 spiro atoms. The van der Waals surface area contributed by atoms with Crippen molar-refractivity contribution >= 4 is 45.1 Å². The van der Waals surface area contributed by atoms with Crippen molar-refractivity contribution in [3.63, 3.8) is 0 Å². The second-order valence-electron chi connectivity index (χ2n) is 15.4. The van der Waals surface area contributed by atoms with Crippen LogP contribution >= 0.6 is 12.6 Å². The summed E-state index contributed by atoms with van der Waals surface area (Å²) in [6.07, 6.45) is -7.86. The molecule has 62 heavy (non-hydrogen) atoms. The number of aromatic nitrogens is 5. The number of hydrogen-bond acceptors (Lipinski definition) is 8. The fourth-order valence-electron chi connectivity index (χ4n) is 7.75. The summed E-state index contributed by atoms with van der Waals surface area (Å²) >= 11 is 3.53. The Hall–Kier alpha value is -5.30. The predicted octanol–water partition coefficient (Wildman–Crippen LogP) is 8.01. The summed E-state index contributed by atoms with van der Waals surface area (Å²) < 4.78 is 168. The Balaban J connectivity index is 0.00000316. The summed E-state index contributed by atoms with van der Waals surface area (Å²) in [4.78, 5) is 18.5. The first-order chi connectivity index (χ1) is 28.7. The number of anilines is 1. The molecule has 22 heteroatoms. The van der Waals surface area contributed by atoms with Crippen molar-refractivity contribution in [2.24, 2.45) is 11.8 Å². The highest BCUT2D eigenvalue weighted by Gasteiger charge is 2.72. The lowest BCUT2D eigenvalue weighted by Crippen LogP contribution is -2.35. The second-order valence-corrected chi connectivity index (χ2v) is 18.0. The summed E-state index contributed by atoms with van der Waals surface area (Å²) in [5, 5.41) is 9.84. The van der Waals surface area contributed by atoms with E-state index in [2.05, 4.69) is 45.0 Å². The van der Waals surface area contributed by atoms with E-state index in [-0.39, 0.29) is 49.5 Å². The van der Waals surface area contributed by atoms with Gasteiger partial charge in [-0.05, 0) is 74.3 Å². The van der Waals surface area contributed by atoms with E-state index < -0.39 is 111 Å². The molecule has 0 aliphatic heterocycles. The van der Waals surface area contributed by atoms with E-state index in [1.165, 1.54) is 51.1 Å². The van der Waals surface area contributed by atoms with Gasteiger partial charge >= 0.3 is 12.4 Å². The van der Waals surface area contributed by atoms with Gasteiger partial charge in [-0.25, -0.2) is 22.2 Å². The summed E-state index contributed by atoms with van der Waals surface area (Å²) in [5.74, 6) is -5.55. The third kappa shape index (κ3) is 8.82. The highest BCUT2D eigenvalue weighted by Crippen LogP contribution is 2.71. The fourth-order valence-corrected chi connectivity index (χ4v) is 7.99. The normalized spacial score (nSPS) is 18.5. The van der Waals surface area contributed by atoms with Crippen molar-refractivity contribution in [3.05, 3.63) is 94.1 Å². The van der Waals surface area contributed by atoms with Crippen LogP contribution in [0.25, 0.3) is 22.0 Å². The number of rotatable bonds is 9. The number of fused-ring (bicyclic) bond motifs is 4. The van der Waals surface area contributed by atoms with Crippen molar-refractivity contribution in [2.75, 3.05) is 18.2 Å². The minimum Gasteiger partial charge on any atom is -0.382 e. The first-order valence-electron chi connectivity index (χ1n) is 18.5. The Morgan fingerprint density at radius 1 is 0.984 bits per heavy atom. The fraction of sp³-hybridized carbons (Fsp3) is 0.400. The summed E-state index contributed by atoms with van der Waals surface area (Å²) in [5.41, 5.74) is 1.95. The van der Waals surface area contributed by atoms with Crippen molar-refractivity contribution in [2.45, 2.75) is 75.3 Å². The van der Waals surface area contributed by atoms with Gasteiger partial charge in [0.1, 0.15) is 40.9 Å². The number of benzene rings is 2. The number of alkyl halides is 8. The van der Waals surface area contributed by atoms with Gasteiger partial charge in [0.25, 0.3) is 5.92 Å². The van der Waals surface area contributed by atoms with Gasteiger partial charge in [-0.2, -0.15) is 57.9 Å². The third-order valence-corrected chi connectivity index (χ3v) is 12.7. The zero-order chi connectivity index (χ0) is 46.1. The van der Waals surface area contributed by atoms with E-state index in [1.807, 2.05) is 0 Å². The number of carbonyl (C=O) groups is 1. The number of halogens is 10. The maximum atomic E-state index is 15.6. The number of para-hydroxylation sites is 1. The quantitative estimate of drug-likeness (QED) is 0.0775. The molecule has 4 atom stereocenters. The van der Waals surface area contributed by atoms with Gasteiger partial charge in [0, 0.05) is 46.2 Å². The zero-order valence-corrected chi connectivity index (χ0v) is 34.9. The predicted molar refractivity (Wildman–Crippen MR) is 212 cm³/mol. The number of thiol groups is 1. The van der Waals surface area contributed by atoms with E-state index in [9.17, 15) is 48.3 Å². The Kier molecular flexibility index (Phi) is 12.0. The van der Waals surface area contributed by atoms with Crippen molar-refractivity contribution < 1.29 is 57.1 Å². The van der Waals surface area contributed by atoms with Gasteiger partial charge in [-0.1, -0.05) is 25.0 Å². The molecule has 2 aliphatic rings. The number of nitrogens with one attached hydrogen (secondary N) is 1. The van der Waals surface area contributed by atoms with Crippen LogP contribution in [0.4, 0.5) is 49.7 Å². The summed E-state index contributed by atoms with van der Waals surface area (Å²) in [6.45, 7) is 1.20. The lowest BCUT2D eigenvalue weighted by atomic mass is 9.93. The number of nitrogen functional groups attached to an aromatic ring is 1. The smallest absolute Gasteiger partial charge is 0.382 e. The standard InChI is InChI=1S/C39H33F10N7O3S.CH4S/c1-18-28-29-33(39(47,48)49)53-55(34(29)38(45,46)30(18)28)16-27(57)52-26(14-19-12-20(40)15-21(41)13-19)31-23(9-8-22(51-31)10-11-36(2,3)60(4,58)59)24-6-5-7-25-32(24)56(54-35(25)50)17-37(42,43)44;1-2/h5-9,12-13,15,18,26,28,30H,14,16-17H2,1-4H3,(H2,50,54)(H,52,57);2H,1H3/t18-,26?,28?,30?;/m1./s1. The minimum absolute atomic E-state index is 0.00296. The topological polar surface area (TPSA) is 138 Å². The molecule has 332 valence electrons. The third-order valence-electron chi connectivity index (χ3n) is 10.8. The highest BCUT2D eigenvalue weighted by atomic mass is 32.2. The molecule has 1 saturated carbocycles. The Morgan fingerprint density at radius 2 is 1.63 bits per heavy atom. The monoisotopic (exact) mass is 917 g/mol. The molecule has 1 amide bonds. The van der Waals surface area contributed by atoms with Crippen LogP contribution in [0.1, 0.15) is 66.6 Å². The molecule has 0 bridgehead atoms. The molecule has 7 rings (SSSR count). The number of carbonyl (C=O) groups excluding carboxylic acids is 1. The van der Waals surface area contributed by atoms with Gasteiger partial charge in [-0.3, -0.25) is 14.2 Å². The number of nitrogens with two attached hydrogens (primary N) is 1. The van der Waals surface area contributed by atoms with Gasteiger partial charge in [0.2, 0.25) is 5.91 Å². The molecule has 3 N–H and O–H groups in total. The van der Waals surface area contributed by atoms with Crippen LogP contribution in [0.5, 0.6) is 0 Å². The molecule has 0 saturated heterocycles. The van der Waals surface area contributed by atoms with E-state index in [0.29, 0.717) is 10.7 Å². The van der Waals surface area contributed by atoms with E-state index >= 15 is 8.78 Å². The first-order valence-corrected chi connectivity index (χ1v) is 21.3. The van der Waals surface area contributed by atoms with Crippen LogP contribution in [-0.2, 0) is 46.2 Å². The Bertz CT molecular complexity index is 2730. The van der Waals surface area contributed by atoms with Crippen LogP contribution in [0.2, 0.25) is 0 Å². The van der Waals surface area contributed by atoms with E-state index in [4.69, 9.17) is 5.73 Å². The molecule has 5 aromatic rings. The molecule has 0 radical (unpaired) electrons. The summed E-state index contributed by atoms with van der Waals surface area (Å²) in [6, 6.07) is 7.56. The van der Waals surface area contributed by atoms with Crippen LogP contribution in [0, 0.1) is 35.3 Å². The van der Waals surface area contributed by atoms with Crippen LogP contribution in [0.3, 0.4) is 0 Å². The maximum absolute atomic E-state index is 15.6. The summed E-state index contributed by atoms with van der Waals surface area (Å²) in [7, 11) is -3.79. The van der Waals surface area contributed by atoms with Crippen molar-refractivity contribution in [1.29, 1.82) is 0 Å². The number of pyridine rings is 1. The van der Waals surface area contributed by atoms with Gasteiger partial charge < -0.3 is 11.1 Å². The molecule has 3 aromatic heterocycles. The number of amides is 1. The number of sulfone groups is 1. The lowest BCUT2D eigenvalue weighted by Gasteiger charge is -2.23. The van der Waals surface area contributed by atoms with E-state index in [1.54, 1.807) is 6.26 Å². The molecule has 3 unspecified atom stereocenters. The largest absolute Gasteiger partial charge is 0.435 e.